The zero-order valence-electron chi connectivity index (χ0n) is 9.97. The lowest BCUT2D eigenvalue weighted by Gasteiger charge is -2.27. The average Bonchev–Trinajstić information content (AvgIpc) is 2.71. The highest BCUT2D eigenvalue weighted by molar-refractivity contribution is 5.16. The fourth-order valence-corrected chi connectivity index (χ4v) is 2.56. The van der Waals surface area contributed by atoms with Gasteiger partial charge in [-0.15, -0.1) is 0 Å². The molecule has 1 heteroatoms. The molecule has 1 nitrogen and oxygen atoms in total. The van der Waals surface area contributed by atoms with E-state index in [4.69, 9.17) is 0 Å². The summed E-state index contributed by atoms with van der Waals surface area (Å²) >= 11 is 0. The Kier molecular flexibility index (Phi) is 5.24. The fourth-order valence-electron chi connectivity index (χ4n) is 2.56. The van der Waals surface area contributed by atoms with Gasteiger partial charge in [0.15, 0.2) is 0 Å². The van der Waals surface area contributed by atoms with Gasteiger partial charge < -0.3 is 5.32 Å². The van der Waals surface area contributed by atoms with Crippen molar-refractivity contribution in [3.05, 3.63) is 11.6 Å². The molecule has 0 bridgehead atoms. The summed E-state index contributed by atoms with van der Waals surface area (Å²) in [6, 6.07) is 0.664. The highest BCUT2D eigenvalue weighted by atomic mass is 14.9. The van der Waals surface area contributed by atoms with Crippen molar-refractivity contribution in [3.63, 3.8) is 0 Å². The van der Waals surface area contributed by atoms with Crippen LogP contribution in [-0.2, 0) is 0 Å². The largest absolute Gasteiger partial charge is 0.310 e. The van der Waals surface area contributed by atoms with Gasteiger partial charge in [0, 0.05) is 6.04 Å². The molecule has 0 amide bonds. The third-order valence-electron chi connectivity index (χ3n) is 3.42. The summed E-state index contributed by atoms with van der Waals surface area (Å²) in [6.45, 7) is 7.94. The molecule has 0 saturated heterocycles. The van der Waals surface area contributed by atoms with Gasteiger partial charge in [0.25, 0.3) is 0 Å². The molecule has 0 saturated carbocycles. The van der Waals surface area contributed by atoms with Crippen LogP contribution in [0.4, 0.5) is 0 Å². The lowest BCUT2D eigenvalue weighted by molar-refractivity contribution is 0.371. The number of hydrogen-bond acceptors (Lipinski definition) is 1. The first-order valence-corrected chi connectivity index (χ1v) is 6.25. The van der Waals surface area contributed by atoms with Crippen molar-refractivity contribution in [2.45, 2.75) is 58.9 Å². The highest BCUT2D eigenvalue weighted by Crippen LogP contribution is 2.27. The summed E-state index contributed by atoms with van der Waals surface area (Å²) in [5.74, 6) is 0.833. The maximum atomic E-state index is 3.66. The Hall–Kier alpha value is -0.300. The van der Waals surface area contributed by atoms with Crippen molar-refractivity contribution in [2.75, 3.05) is 6.54 Å². The fraction of sp³-hybridized carbons (Fsp3) is 0.846. The number of likely N-dealkylation sites (N-methyl/N-ethyl adjacent to an activating group) is 1. The van der Waals surface area contributed by atoms with E-state index in [0.29, 0.717) is 6.04 Å². The van der Waals surface area contributed by atoms with Crippen molar-refractivity contribution in [3.8, 4) is 0 Å². The monoisotopic (exact) mass is 195 g/mol. The third-order valence-corrected chi connectivity index (χ3v) is 3.42. The molecule has 0 aromatic heterocycles. The molecule has 0 radical (unpaired) electrons. The molecule has 1 rings (SSSR count). The Balaban J connectivity index is 2.61. The number of allylic oxidation sites excluding steroid dienone is 1. The van der Waals surface area contributed by atoms with Crippen LogP contribution in [0, 0.1) is 5.92 Å². The summed E-state index contributed by atoms with van der Waals surface area (Å²) in [5, 5.41) is 3.66. The molecule has 1 unspecified atom stereocenters. The minimum atomic E-state index is 0.664. The summed E-state index contributed by atoms with van der Waals surface area (Å²) in [5.41, 5.74) is 1.68. The van der Waals surface area contributed by atoms with E-state index in [0.717, 1.165) is 12.5 Å². The van der Waals surface area contributed by atoms with E-state index in [1.807, 2.05) is 0 Å². The smallest absolute Gasteiger partial charge is 0.0307 e. The van der Waals surface area contributed by atoms with Crippen molar-refractivity contribution >= 4 is 0 Å². The molecular weight excluding hydrogens is 170 g/mol. The molecular formula is C13H25N. The summed E-state index contributed by atoms with van der Waals surface area (Å²) in [4.78, 5) is 0. The first-order chi connectivity index (χ1) is 6.83. The molecule has 0 aromatic rings. The Bertz CT molecular complexity index is 180. The van der Waals surface area contributed by atoms with Gasteiger partial charge in [0.1, 0.15) is 0 Å². The highest BCUT2D eigenvalue weighted by Gasteiger charge is 2.22. The Morgan fingerprint density at radius 2 is 2.00 bits per heavy atom. The number of nitrogens with one attached hydrogen (secondary N) is 1. The van der Waals surface area contributed by atoms with E-state index >= 15 is 0 Å². The van der Waals surface area contributed by atoms with Gasteiger partial charge in [-0.1, -0.05) is 45.3 Å². The normalized spacial score (nSPS) is 18.7. The van der Waals surface area contributed by atoms with Crippen LogP contribution in [0.25, 0.3) is 0 Å². The molecule has 0 aromatic carbocycles. The minimum absolute atomic E-state index is 0.664. The van der Waals surface area contributed by atoms with Crippen molar-refractivity contribution in [1.29, 1.82) is 0 Å². The molecule has 0 fully saturated rings. The number of hydrogen-bond donors (Lipinski definition) is 1. The van der Waals surface area contributed by atoms with Gasteiger partial charge in [-0.05, 0) is 31.7 Å². The topological polar surface area (TPSA) is 12.0 Å². The van der Waals surface area contributed by atoms with Gasteiger partial charge in [0.2, 0.25) is 0 Å². The summed E-state index contributed by atoms with van der Waals surface area (Å²) < 4.78 is 0. The quantitative estimate of drug-likeness (QED) is 0.640. The Labute approximate surface area is 89.0 Å². The van der Waals surface area contributed by atoms with Gasteiger partial charge >= 0.3 is 0 Å². The molecule has 0 heterocycles. The lowest BCUT2D eigenvalue weighted by atomic mass is 9.88. The van der Waals surface area contributed by atoms with Gasteiger partial charge in [-0.2, -0.15) is 0 Å². The SMILES string of the molecule is CCNC(C1=CCCC1)C(CC)CC. The number of rotatable bonds is 6. The molecule has 0 aliphatic heterocycles. The zero-order chi connectivity index (χ0) is 10.4. The van der Waals surface area contributed by atoms with Crippen LogP contribution in [0.2, 0.25) is 0 Å². The van der Waals surface area contributed by atoms with Crippen molar-refractivity contribution in [1.82, 2.24) is 5.32 Å². The predicted molar refractivity (Wildman–Crippen MR) is 63.5 cm³/mol. The maximum absolute atomic E-state index is 3.66. The first kappa shape index (κ1) is 11.8. The second-order valence-electron chi connectivity index (χ2n) is 4.28. The lowest BCUT2D eigenvalue weighted by Crippen LogP contribution is -2.37. The van der Waals surface area contributed by atoms with Crippen LogP contribution in [0.1, 0.15) is 52.9 Å². The second-order valence-corrected chi connectivity index (χ2v) is 4.28. The Morgan fingerprint density at radius 1 is 1.29 bits per heavy atom. The predicted octanol–water partition coefficient (Wildman–Crippen LogP) is 3.51. The van der Waals surface area contributed by atoms with Crippen LogP contribution < -0.4 is 5.32 Å². The summed E-state index contributed by atoms with van der Waals surface area (Å²) in [6.07, 6.45) is 9.06. The Morgan fingerprint density at radius 3 is 2.43 bits per heavy atom. The van der Waals surface area contributed by atoms with E-state index < -0.39 is 0 Å². The second kappa shape index (κ2) is 6.23. The van der Waals surface area contributed by atoms with E-state index in [1.54, 1.807) is 5.57 Å². The third kappa shape index (κ3) is 2.84. The molecule has 1 N–H and O–H groups in total. The van der Waals surface area contributed by atoms with Crippen LogP contribution >= 0.6 is 0 Å². The maximum Gasteiger partial charge on any atom is 0.0307 e. The van der Waals surface area contributed by atoms with Gasteiger partial charge in [-0.25, -0.2) is 0 Å². The van der Waals surface area contributed by atoms with E-state index in [1.165, 1.54) is 32.1 Å². The zero-order valence-corrected chi connectivity index (χ0v) is 9.97. The molecule has 0 spiro atoms. The van der Waals surface area contributed by atoms with Crippen molar-refractivity contribution in [2.24, 2.45) is 5.92 Å². The van der Waals surface area contributed by atoms with Crippen LogP contribution in [0.15, 0.2) is 11.6 Å². The van der Waals surface area contributed by atoms with Crippen LogP contribution in [0.3, 0.4) is 0 Å². The minimum Gasteiger partial charge on any atom is -0.310 e. The molecule has 14 heavy (non-hydrogen) atoms. The molecule has 1 aliphatic carbocycles. The van der Waals surface area contributed by atoms with Crippen LogP contribution in [-0.4, -0.2) is 12.6 Å². The van der Waals surface area contributed by atoms with Gasteiger partial charge in [-0.3, -0.25) is 0 Å². The van der Waals surface area contributed by atoms with E-state index in [2.05, 4.69) is 32.2 Å². The molecule has 1 aliphatic rings. The standard InChI is InChI=1S/C13H25N/c1-4-11(5-2)13(14-6-3)12-9-7-8-10-12/h9,11,13-14H,4-8,10H2,1-3H3. The first-order valence-electron chi connectivity index (χ1n) is 6.25. The van der Waals surface area contributed by atoms with Crippen molar-refractivity contribution < 1.29 is 0 Å². The van der Waals surface area contributed by atoms with E-state index in [-0.39, 0.29) is 0 Å². The molecule has 1 atom stereocenters. The molecule has 82 valence electrons. The summed E-state index contributed by atoms with van der Waals surface area (Å²) in [7, 11) is 0. The van der Waals surface area contributed by atoms with Crippen LogP contribution in [0.5, 0.6) is 0 Å². The average molecular weight is 195 g/mol. The van der Waals surface area contributed by atoms with Gasteiger partial charge in [0.05, 0.1) is 0 Å². The van der Waals surface area contributed by atoms with E-state index in [9.17, 15) is 0 Å².